The second kappa shape index (κ2) is 8.49. The topological polar surface area (TPSA) is 83.6 Å². The van der Waals surface area contributed by atoms with Crippen LogP contribution in [0.4, 0.5) is 4.79 Å². The first-order chi connectivity index (χ1) is 12.2. The van der Waals surface area contributed by atoms with E-state index in [2.05, 4.69) is 5.32 Å². The summed E-state index contributed by atoms with van der Waals surface area (Å²) < 4.78 is 24.9. The monoisotopic (exact) mass is 378 g/mol. The van der Waals surface area contributed by atoms with Gasteiger partial charge in [-0.25, -0.2) is 13.2 Å². The third-order valence-corrected chi connectivity index (χ3v) is 6.39. The summed E-state index contributed by atoms with van der Waals surface area (Å²) in [5.41, 5.74) is 0.562. The summed E-state index contributed by atoms with van der Waals surface area (Å²) >= 11 is 0. The number of imide groups is 1. The van der Waals surface area contributed by atoms with Gasteiger partial charge in [-0.05, 0) is 12.0 Å². The smallest absolute Gasteiger partial charge is 0.320 e. The molecule has 0 aromatic heterocycles. The Morgan fingerprint density at radius 3 is 2.50 bits per heavy atom. The number of rotatable bonds is 8. The summed E-state index contributed by atoms with van der Waals surface area (Å²) in [7, 11) is -3.20. The van der Waals surface area contributed by atoms with E-state index in [1.807, 2.05) is 44.2 Å². The van der Waals surface area contributed by atoms with Crippen molar-refractivity contribution in [2.75, 3.05) is 24.6 Å². The molecule has 1 aliphatic rings. The molecule has 1 heterocycles. The highest BCUT2D eigenvalue weighted by Gasteiger charge is 2.27. The van der Waals surface area contributed by atoms with Crippen molar-refractivity contribution in [2.45, 2.75) is 32.1 Å². The van der Waals surface area contributed by atoms with Gasteiger partial charge in [0.15, 0.2) is 9.84 Å². The second-order valence-corrected chi connectivity index (χ2v) is 9.34. The van der Waals surface area contributed by atoms with Crippen LogP contribution >= 0.6 is 0 Å². The molecule has 3 amide bonds. The maximum atomic E-state index is 12.4. The van der Waals surface area contributed by atoms with Crippen LogP contribution in [0.15, 0.2) is 42.5 Å². The maximum Gasteiger partial charge on any atom is 0.324 e. The lowest BCUT2D eigenvalue weighted by Crippen LogP contribution is -2.49. The molecule has 0 atom stereocenters. The fourth-order valence-electron chi connectivity index (χ4n) is 2.93. The first kappa shape index (κ1) is 20.2. The van der Waals surface area contributed by atoms with Gasteiger partial charge in [0, 0.05) is 24.9 Å². The van der Waals surface area contributed by atoms with Gasteiger partial charge in [-0.15, -0.1) is 0 Å². The summed E-state index contributed by atoms with van der Waals surface area (Å²) in [4.78, 5) is 24.2. The molecule has 0 saturated carbocycles. The number of allylic oxidation sites excluding steroid dienone is 1. The van der Waals surface area contributed by atoms with Gasteiger partial charge in [0.05, 0.1) is 11.5 Å². The molecule has 142 valence electrons. The highest BCUT2D eigenvalue weighted by molar-refractivity contribution is 7.91. The Labute approximate surface area is 155 Å². The molecule has 1 saturated heterocycles. The minimum absolute atomic E-state index is 0.0739. The summed E-state index contributed by atoms with van der Waals surface area (Å²) in [6.45, 7) is 4.63. The Morgan fingerprint density at radius 2 is 1.85 bits per heavy atom. The number of amides is 3. The Hall–Kier alpha value is -2.15. The van der Waals surface area contributed by atoms with E-state index in [9.17, 15) is 18.0 Å². The Morgan fingerprint density at radius 1 is 1.15 bits per heavy atom. The molecule has 0 unspecified atom stereocenters. The van der Waals surface area contributed by atoms with Crippen LogP contribution in [0.5, 0.6) is 0 Å². The third-order valence-electron chi connectivity index (χ3n) is 4.37. The molecule has 0 radical (unpaired) electrons. The van der Waals surface area contributed by atoms with E-state index in [4.69, 9.17) is 0 Å². The van der Waals surface area contributed by atoms with Gasteiger partial charge in [0.1, 0.15) is 0 Å². The predicted octanol–water partition coefficient (Wildman–Crippen LogP) is 2.27. The third kappa shape index (κ3) is 5.98. The summed E-state index contributed by atoms with van der Waals surface area (Å²) in [6.07, 6.45) is 4.24. The second-order valence-electron chi connectivity index (χ2n) is 7.15. The number of sulfone groups is 1. The first-order valence-corrected chi connectivity index (χ1v) is 10.5. The van der Waals surface area contributed by atoms with Crippen LogP contribution in [0.2, 0.25) is 0 Å². The number of nitrogens with one attached hydrogen (secondary N) is 1. The van der Waals surface area contributed by atoms with Crippen molar-refractivity contribution in [1.29, 1.82) is 0 Å². The van der Waals surface area contributed by atoms with Crippen molar-refractivity contribution in [3.63, 3.8) is 0 Å². The van der Waals surface area contributed by atoms with E-state index < -0.39 is 21.3 Å². The Bertz CT molecular complexity index is 770. The standard InChI is InChI=1S/C19H26N2O4S/c1-19(2,16-9-5-3-6-10-16)15-26(24,25)14-8-4-7-12-21-13-11-17(22)20-18(21)23/h3-7,9-10H,8,11-15H2,1-2H3,(H,20,22,23)/b7-4+. The Balaban J connectivity index is 1.81. The number of benzene rings is 1. The average molecular weight is 378 g/mol. The Kier molecular flexibility index (Phi) is 6.58. The minimum atomic E-state index is -3.20. The molecule has 0 spiro atoms. The van der Waals surface area contributed by atoms with Gasteiger partial charge in [0.2, 0.25) is 5.91 Å². The molecule has 0 aliphatic carbocycles. The van der Waals surface area contributed by atoms with Crippen LogP contribution in [0.3, 0.4) is 0 Å². The number of hydrogen-bond acceptors (Lipinski definition) is 4. The van der Waals surface area contributed by atoms with Crippen molar-refractivity contribution >= 4 is 21.8 Å². The number of nitrogens with zero attached hydrogens (tertiary/aromatic N) is 1. The van der Waals surface area contributed by atoms with Gasteiger partial charge in [0.25, 0.3) is 0 Å². The molecule has 2 rings (SSSR count). The average Bonchev–Trinajstić information content (AvgIpc) is 2.56. The highest BCUT2D eigenvalue weighted by atomic mass is 32.2. The molecule has 26 heavy (non-hydrogen) atoms. The summed E-state index contributed by atoms with van der Waals surface area (Å²) in [6, 6.07) is 9.24. The van der Waals surface area contributed by atoms with Crippen molar-refractivity contribution in [1.82, 2.24) is 10.2 Å². The van der Waals surface area contributed by atoms with Crippen molar-refractivity contribution in [3.05, 3.63) is 48.0 Å². The number of hydrogen-bond donors (Lipinski definition) is 1. The molecule has 1 aromatic carbocycles. The maximum absolute atomic E-state index is 12.4. The van der Waals surface area contributed by atoms with E-state index >= 15 is 0 Å². The van der Waals surface area contributed by atoms with Crippen LogP contribution in [0, 0.1) is 0 Å². The SMILES string of the molecule is CC(C)(CS(=O)(=O)CC/C=C/CN1CCC(=O)NC1=O)c1ccccc1. The van der Waals surface area contributed by atoms with E-state index in [-0.39, 0.29) is 17.4 Å². The van der Waals surface area contributed by atoms with Gasteiger partial charge < -0.3 is 4.90 Å². The fraction of sp³-hybridized carbons (Fsp3) is 0.474. The van der Waals surface area contributed by atoms with Crippen LogP contribution in [0.1, 0.15) is 32.3 Å². The van der Waals surface area contributed by atoms with E-state index in [1.165, 1.54) is 4.90 Å². The fourth-order valence-corrected chi connectivity index (χ4v) is 4.84. The van der Waals surface area contributed by atoms with Crippen molar-refractivity contribution in [2.24, 2.45) is 0 Å². The summed E-state index contributed by atoms with van der Waals surface area (Å²) in [5, 5.41) is 2.25. The van der Waals surface area contributed by atoms with Crippen LogP contribution in [-0.4, -0.2) is 49.9 Å². The van der Waals surface area contributed by atoms with Crippen molar-refractivity contribution in [3.8, 4) is 0 Å². The van der Waals surface area contributed by atoms with Crippen LogP contribution in [0.25, 0.3) is 0 Å². The molecular weight excluding hydrogens is 352 g/mol. The molecule has 0 bridgehead atoms. The largest absolute Gasteiger partial charge is 0.324 e. The van der Waals surface area contributed by atoms with Gasteiger partial charge in [-0.2, -0.15) is 0 Å². The van der Waals surface area contributed by atoms with Gasteiger partial charge in [-0.3, -0.25) is 10.1 Å². The lowest BCUT2D eigenvalue weighted by Gasteiger charge is -2.25. The zero-order valence-corrected chi connectivity index (χ0v) is 16.1. The molecule has 1 aromatic rings. The van der Waals surface area contributed by atoms with E-state index in [0.717, 1.165) is 5.56 Å². The zero-order chi connectivity index (χ0) is 19.2. The lowest BCUT2D eigenvalue weighted by atomic mass is 9.87. The number of carbonyl (C=O) groups excluding carboxylic acids is 2. The van der Waals surface area contributed by atoms with E-state index in [1.54, 1.807) is 12.2 Å². The molecule has 1 N–H and O–H groups in total. The van der Waals surface area contributed by atoms with Crippen LogP contribution < -0.4 is 5.32 Å². The van der Waals surface area contributed by atoms with Gasteiger partial charge in [-0.1, -0.05) is 56.3 Å². The molecule has 6 nitrogen and oxygen atoms in total. The number of urea groups is 1. The van der Waals surface area contributed by atoms with Crippen molar-refractivity contribution < 1.29 is 18.0 Å². The first-order valence-electron chi connectivity index (χ1n) is 8.69. The minimum Gasteiger partial charge on any atom is -0.320 e. The normalized spacial score (nSPS) is 16.2. The van der Waals surface area contributed by atoms with E-state index in [0.29, 0.717) is 25.9 Å². The van der Waals surface area contributed by atoms with Crippen LogP contribution in [-0.2, 0) is 20.0 Å². The number of carbonyl (C=O) groups is 2. The zero-order valence-electron chi connectivity index (χ0n) is 15.3. The molecule has 1 fully saturated rings. The predicted molar refractivity (Wildman–Crippen MR) is 102 cm³/mol. The molecule has 7 heteroatoms. The molecule has 1 aliphatic heterocycles. The molecular formula is C19H26N2O4S. The lowest BCUT2D eigenvalue weighted by molar-refractivity contribution is -0.121. The van der Waals surface area contributed by atoms with Gasteiger partial charge >= 0.3 is 6.03 Å². The highest BCUT2D eigenvalue weighted by Crippen LogP contribution is 2.25. The summed E-state index contributed by atoms with van der Waals surface area (Å²) in [5.74, 6) is -0.0961. The quantitative estimate of drug-likeness (QED) is 0.704.